The molecule has 0 radical (unpaired) electrons. The molecule has 1 unspecified atom stereocenters. The average Bonchev–Trinajstić information content (AvgIpc) is 3.41. The van der Waals surface area contributed by atoms with Gasteiger partial charge in [-0.3, -0.25) is 9.89 Å². The number of likely N-dealkylation sites (tertiary alicyclic amines) is 1. The van der Waals surface area contributed by atoms with E-state index in [4.69, 9.17) is 32.7 Å². The number of amides is 1. The summed E-state index contributed by atoms with van der Waals surface area (Å²) in [4.78, 5) is 30.2. The number of carbonyl (C=O) groups is 1. The van der Waals surface area contributed by atoms with Crippen molar-refractivity contribution >= 4 is 52.4 Å². The topological polar surface area (TPSA) is 82.5 Å². The lowest BCUT2D eigenvalue weighted by molar-refractivity contribution is 0.130. The molecule has 1 fully saturated rings. The van der Waals surface area contributed by atoms with Gasteiger partial charge in [0.1, 0.15) is 23.6 Å². The number of piperidine rings is 1. The third-order valence-electron chi connectivity index (χ3n) is 8.28. The fraction of sp³-hybridized carbons (Fsp3) is 0.303. The molecule has 10 heteroatoms. The van der Waals surface area contributed by atoms with E-state index in [2.05, 4.69) is 19.9 Å². The van der Waals surface area contributed by atoms with Gasteiger partial charge in [-0.15, -0.1) is 0 Å². The normalized spacial score (nSPS) is 18.8. The summed E-state index contributed by atoms with van der Waals surface area (Å²) < 4.78 is 12.2. The quantitative estimate of drug-likeness (QED) is 0.261. The Morgan fingerprint density at radius 2 is 1.65 bits per heavy atom. The molecule has 8 nitrogen and oxygen atoms in total. The van der Waals surface area contributed by atoms with Crippen molar-refractivity contribution in [3.8, 4) is 11.5 Å². The summed E-state index contributed by atoms with van der Waals surface area (Å²) in [5, 5.41) is 2.34. The maximum Gasteiger partial charge on any atom is 0.416 e. The van der Waals surface area contributed by atoms with E-state index in [9.17, 15) is 4.79 Å². The van der Waals surface area contributed by atoms with Crippen molar-refractivity contribution in [1.82, 2.24) is 14.8 Å². The first kappa shape index (κ1) is 27.8. The van der Waals surface area contributed by atoms with Crippen LogP contribution in [0.4, 0.5) is 4.79 Å². The molecule has 1 atom stereocenters. The van der Waals surface area contributed by atoms with Crippen LogP contribution in [0.25, 0.3) is 10.9 Å². The molecule has 1 saturated heterocycles. The van der Waals surface area contributed by atoms with Crippen LogP contribution < -0.4 is 9.47 Å². The third kappa shape index (κ3) is 5.82. The SMILES string of the molecule is O=C(Oc1ccc(Cl)cc1)N1CCc2c([nH]c3ccc(Cl)cc23)C1c1ccc(OC2CCN(C3=NCCC=N3)CC2)cc1. The van der Waals surface area contributed by atoms with E-state index >= 15 is 0 Å². The van der Waals surface area contributed by atoms with Gasteiger partial charge < -0.3 is 19.4 Å². The molecule has 0 bridgehead atoms. The van der Waals surface area contributed by atoms with Gasteiger partial charge in [-0.25, -0.2) is 9.79 Å². The smallest absolute Gasteiger partial charge is 0.416 e. The van der Waals surface area contributed by atoms with Gasteiger partial charge in [-0.1, -0.05) is 35.3 Å². The molecule has 0 aliphatic carbocycles. The second-order valence-electron chi connectivity index (χ2n) is 11.0. The number of halogens is 2. The number of aromatic amines is 1. The summed E-state index contributed by atoms with van der Waals surface area (Å²) in [5.41, 5.74) is 4.08. The fourth-order valence-corrected chi connectivity index (χ4v) is 6.45. The fourth-order valence-electron chi connectivity index (χ4n) is 6.15. The molecular weight excluding hydrogens is 585 g/mol. The number of hydrogen-bond acceptors (Lipinski definition) is 6. The van der Waals surface area contributed by atoms with E-state index in [1.807, 2.05) is 48.7 Å². The predicted molar refractivity (Wildman–Crippen MR) is 170 cm³/mol. The van der Waals surface area contributed by atoms with Crippen LogP contribution in [0.15, 0.2) is 76.7 Å². The molecular formula is C33H31Cl2N5O3. The predicted octanol–water partition coefficient (Wildman–Crippen LogP) is 7.29. The highest BCUT2D eigenvalue weighted by Gasteiger charge is 2.36. The number of carbonyl (C=O) groups excluding carboxylic acids is 1. The lowest BCUT2D eigenvalue weighted by atomic mass is 9.92. The summed E-state index contributed by atoms with van der Waals surface area (Å²) in [6, 6.07) is 20.3. The highest BCUT2D eigenvalue weighted by molar-refractivity contribution is 6.31. The van der Waals surface area contributed by atoms with Crippen LogP contribution in [-0.4, -0.2) is 65.3 Å². The largest absolute Gasteiger partial charge is 0.490 e. The number of aliphatic imine (C=N–C) groups is 2. The van der Waals surface area contributed by atoms with Crippen LogP contribution in [0.1, 0.15) is 42.1 Å². The van der Waals surface area contributed by atoms with E-state index in [0.29, 0.717) is 28.8 Å². The lowest BCUT2D eigenvalue weighted by Gasteiger charge is -2.35. The van der Waals surface area contributed by atoms with Gasteiger partial charge in [0.15, 0.2) is 0 Å². The Bertz CT molecular complexity index is 1690. The maximum absolute atomic E-state index is 13.6. The Hall–Kier alpha value is -4.01. The van der Waals surface area contributed by atoms with E-state index in [1.54, 1.807) is 29.2 Å². The zero-order chi connectivity index (χ0) is 29.3. The summed E-state index contributed by atoms with van der Waals surface area (Å²) in [6.45, 7) is 3.06. The van der Waals surface area contributed by atoms with Gasteiger partial charge in [0.05, 0.1) is 0 Å². The number of aromatic nitrogens is 1. The van der Waals surface area contributed by atoms with Gasteiger partial charge in [-0.05, 0) is 72.1 Å². The zero-order valence-electron chi connectivity index (χ0n) is 23.5. The highest BCUT2D eigenvalue weighted by atomic mass is 35.5. The summed E-state index contributed by atoms with van der Waals surface area (Å²) >= 11 is 12.4. The van der Waals surface area contributed by atoms with Crippen molar-refractivity contribution in [1.29, 1.82) is 0 Å². The number of H-pyrrole nitrogens is 1. The Kier molecular flexibility index (Phi) is 7.72. The summed E-state index contributed by atoms with van der Waals surface area (Å²) in [5.74, 6) is 2.10. The van der Waals surface area contributed by atoms with Crippen LogP contribution >= 0.6 is 23.2 Å². The van der Waals surface area contributed by atoms with Crippen molar-refractivity contribution in [2.75, 3.05) is 26.2 Å². The Morgan fingerprint density at radius 3 is 2.40 bits per heavy atom. The Labute approximate surface area is 259 Å². The molecule has 3 aliphatic heterocycles. The number of guanidine groups is 1. The van der Waals surface area contributed by atoms with Crippen LogP contribution in [-0.2, 0) is 6.42 Å². The lowest BCUT2D eigenvalue weighted by Crippen LogP contribution is -2.42. The van der Waals surface area contributed by atoms with Gasteiger partial charge in [0, 0.05) is 78.3 Å². The van der Waals surface area contributed by atoms with Crippen LogP contribution in [0, 0.1) is 0 Å². The molecule has 4 aromatic rings. The molecule has 0 spiro atoms. The number of benzene rings is 3. The summed E-state index contributed by atoms with van der Waals surface area (Å²) in [6.07, 6.45) is 5.06. The van der Waals surface area contributed by atoms with Gasteiger partial charge >= 0.3 is 6.09 Å². The van der Waals surface area contributed by atoms with Crippen molar-refractivity contribution in [2.24, 2.45) is 9.98 Å². The van der Waals surface area contributed by atoms with Crippen molar-refractivity contribution in [3.63, 3.8) is 0 Å². The molecule has 1 aromatic heterocycles. The van der Waals surface area contributed by atoms with E-state index in [0.717, 1.165) is 78.3 Å². The van der Waals surface area contributed by atoms with Crippen molar-refractivity contribution in [2.45, 2.75) is 37.8 Å². The minimum absolute atomic E-state index is 0.126. The van der Waals surface area contributed by atoms with Crippen molar-refractivity contribution < 1.29 is 14.3 Å². The monoisotopic (exact) mass is 615 g/mol. The molecule has 0 saturated carbocycles. The van der Waals surface area contributed by atoms with Crippen LogP contribution in [0.5, 0.6) is 11.5 Å². The third-order valence-corrected chi connectivity index (χ3v) is 8.77. The molecule has 3 aromatic carbocycles. The molecule has 43 heavy (non-hydrogen) atoms. The van der Waals surface area contributed by atoms with Crippen LogP contribution in [0.2, 0.25) is 10.0 Å². The number of nitrogens with zero attached hydrogens (tertiary/aromatic N) is 4. The molecule has 3 aliphatic rings. The van der Waals surface area contributed by atoms with E-state index in [1.165, 1.54) is 0 Å². The molecule has 7 rings (SSSR count). The van der Waals surface area contributed by atoms with Gasteiger partial charge in [0.25, 0.3) is 0 Å². The number of nitrogens with one attached hydrogen (secondary N) is 1. The maximum atomic E-state index is 13.6. The average molecular weight is 617 g/mol. The van der Waals surface area contributed by atoms with Gasteiger partial charge in [0.2, 0.25) is 5.96 Å². The van der Waals surface area contributed by atoms with Gasteiger partial charge in [-0.2, -0.15) is 0 Å². The molecule has 1 N–H and O–H groups in total. The Balaban J connectivity index is 1.12. The van der Waals surface area contributed by atoms with Crippen LogP contribution in [0.3, 0.4) is 0 Å². The first-order chi connectivity index (χ1) is 21.0. The Morgan fingerprint density at radius 1 is 0.907 bits per heavy atom. The van der Waals surface area contributed by atoms with E-state index < -0.39 is 6.09 Å². The van der Waals surface area contributed by atoms with Crippen molar-refractivity contribution in [3.05, 3.63) is 93.6 Å². The number of ether oxygens (including phenoxy) is 2. The second kappa shape index (κ2) is 11.9. The highest BCUT2D eigenvalue weighted by Crippen LogP contribution is 2.40. The minimum atomic E-state index is -0.423. The number of hydrogen-bond donors (Lipinski definition) is 1. The number of fused-ring (bicyclic) bond motifs is 3. The number of rotatable bonds is 4. The molecule has 4 heterocycles. The minimum Gasteiger partial charge on any atom is -0.490 e. The molecule has 1 amide bonds. The second-order valence-corrected chi connectivity index (χ2v) is 11.9. The molecule has 220 valence electrons. The van der Waals surface area contributed by atoms with E-state index in [-0.39, 0.29) is 12.1 Å². The first-order valence-electron chi connectivity index (χ1n) is 14.6. The standard InChI is InChI=1S/C33H31Cl2N5O3/c34-22-4-9-25(10-5-22)43-33(41)40-19-14-27-28-20-23(35)6-11-29(28)38-30(27)31(40)21-2-7-24(8-3-21)42-26-12-17-39(18-13-26)32-36-15-1-16-37-32/h2-11,15,20,26,31,38H,1,12-14,16-19H2. The first-order valence-corrected chi connectivity index (χ1v) is 15.4. The summed E-state index contributed by atoms with van der Waals surface area (Å²) in [7, 11) is 0. The zero-order valence-corrected chi connectivity index (χ0v) is 25.0.